The molecule has 0 aliphatic heterocycles. The van der Waals surface area contributed by atoms with Gasteiger partial charge >= 0.3 is 0 Å². The zero-order chi connectivity index (χ0) is 13.0. The Labute approximate surface area is 116 Å². The number of nitrogens with one attached hydrogen (secondary N) is 1. The normalized spacial score (nSPS) is 13.2. The number of aromatic nitrogens is 2. The van der Waals surface area contributed by atoms with E-state index in [4.69, 9.17) is 11.6 Å². The highest BCUT2D eigenvalue weighted by atomic mass is 79.9. The molecule has 1 heterocycles. The van der Waals surface area contributed by atoms with Crippen LogP contribution in [0.1, 0.15) is 13.8 Å². The number of rotatable bonds is 5. The average molecular weight is 322 g/mol. The molecule has 1 atom stereocenters. The van der Waals surface area contributed by atoms with Gasteiger partial charge in [0.15, 0.2) is 0 Å². The van der Waals surface area contributed by atoms with Gasteiger partial charge in [-0.25, -0.2) is 4.98 Å². The highest BCUT2D eigenvalue weighted by Crippen LogP contribution is 2.22. The van der Waals surface area contributed by atoms with Crippen LogP contribution in [0.5, 0.6) is 0 Å². The lowest BCUT2D eigenvalue weighted by Gasteiger charge is -2.26. The van der Waals surface area contributed by atoms with Crippen LogP contribution in [-0.4, -0.2) is 41.5 Å². The molecule has 0 aromatic carbocycles. The van der Waals surface area contributed by atoms with Crippen LogP contribution in [0.2, 0.25) is 5.28 Å². The molecular formula is C11H18BrClN4. The molecule has 1 aromatic heterocycles. The minimum absolute atomic E-state index is 0.253. The van der Waals surface area contributed by atoms with Gasteiger partial charge in [0.25, 0.3) is 0 Å². The first-order valence-electron chi connectivity index (χ1n) is 5.49. The highest BCUT2D eigenvalue weighted by Gasteiger charge is 2.16. The smallest absolute Gasteiger partial charge is 0.224 e. The lowest BCUT2D eigenvalue weighted by Crippen LogP contribution is -2.36. The summed E-state index contributed by atoms with van der Waals surface area (Å²) in [5.74, 6) is 1.24. The van der Waals surface area contributed by atoms with Crippen LogP contribution in [0.25, 0.3) is 0 Å². The van der Waals surface area contributed by atoms with Crippen molar-refractivity contribution in [3.63, 3.8) is 0 Å². The fourth-order valence-corrected chi connectivity index (χ4v) is 1.88. The van der Waals surface area contributed by atoms with Crippen LogP contribution in [0.15, 0.2) is 10.7 Å². The standard InChI is InChI=1S/C11H18BrClN4/c1-7(2)9(6-17(3)4)15-10-8(12)5-14-11(13)16-10/h5,7,9H,6H2,1-4H3,(H,14,15,16). The molecule has 1 aromatic rings. The third-order valence-electron chi connectivity index (χ3n) is 2.40. The molecule has 0 fully saturated rings. The van der Waals surface area contributed by atoms with E-state index in [1.807, 2.05) is 0 Å². The molecule has 6 heteroatoms. The van der Waals surface area contributed by atoms with E-state index in [2.05, 4.69) is 64.1 Å². The van der Waals surface area contributed by atoms with Crippen molar-refractivity contribution in [2.45, 2.75) is 19.9 Å². The van der Waals surface area contributed by atoms with E-state index >= 15 is 0 Å². The summed E-state index contributed by atoms with van der Waals surface area (Å²) in [4.78, 5) is 10.2. The quantitative estimate of drug-likeness (QED) is 0.847. The van der Waals surface area contributed by atoms with Gasteiger partial charge in [0.2, 0.25) is 5.28 Å². The van der Waals surface area contributed by atoms with Gasteiger partial charge in [-0.05, 0) is 47.5 Å². The van der Waals surface area contributed by atoms with Gasteiger partial charge in [-0.2, -0.15) is 4.98 Å². The number of likely N-dealkylation sites (N-methyl/N-ethyl adjacent to an activating group) is 1. The van der Waals surface area contributed by atoms with Crippen molar-refractivity contribution in [2.75, 3.05) is 26.0 Å². The number of hydrogen-bond donors (Lipinski definition) is 1. The first-order chi connectivity index (χ1) is 7.90. The monoisotopic (exact) mass is 320 g/mol. The molecule has 96 valence electrons. The molecule has 0 bridgehead atoms. The fourth-order valence-electron chi connectivity index (χ4n) is 1.44. The maximum absolute atomic E-state index is 5.79. The molecule has 4 nitrogen and oxygen atoms in total. The summed E-state index contributed by atoms with van der Waals surface area (Å²) < 4.78 is 0.825. The van der Waals surface area contributed by atoms with E-state index in [1.165, 1.54) is 0 Å². The third kappa shape index (κ3) is 4.77. The molecule has 0 aliphatic carbocycles. The summed E-state index contributed by atoms with van der Waals surface area (Å²) in [7, 11) is 4.11. The molecule has 0 radical (unpaired) electrons. The zero-order valence-electron chi connectivity index (χ0n) is 10.5. The molecule has 17 heavy (non-hydrogen) atoms. The van der Waals surface area contributed by atoms with Gasteiger partial charge in [0.05, 0.1) is 4.47 Å². The molecule has 1 rings (SSSR count). The Morgan fingerprint density at radius 2 is 2.12 bits per heavy atom. The van der Waals surface area contributed by atoms with Crippen LogP contribution in [-0.2, 0) is 0 Å². The molecule has 0 saturated carbocycles. The van der Waals surface area contributed by atoms with E-state index in [1.54, 1.807) is 6.20 Å². The Kier molecular flexibility index (Phi) is 5.62. The summed E-state index contributed by atoms with van der Waals surface area (Å²) in [6.45, 7) is 5.29. The Hall–Kier alpha value is -0.390. The van der Waals surface area contributed by atoms with Gasteiger partial charge in [-0.15, -0.1) is 0 Å². The fraction of sp³-hybridized carbons (Fsp3) is 0.636. The maximum atomic E-state index is 5.79. The van der Waals surface area contributed by atoms with Gasteiger partial charge in [-0.3, -0.25) is 0 Å². The van der Waals surface area contributed by atoms with Crippen LogP contribution in [0.3, 0.4) is 0 Å². The third-order valence-corrected chi connectivity index (χ3v) is 3.17. The molecule has 0 saturated heterocycles. The maximum Gasteiger partial charge on any atom is 0.224 e. The average Bonchev–Trinajstić information content (AvgIpc) is 2.21. The van der Waals surface area contributed by atoms with Crippen LogP contribution >= 0.6 is 27.5 Å². The first-order valence-corrected chi connectivity index (χ1v) is 6.66. The Morgan fingerprint density at radius 3 is 2.65 bits per heavy atom. The van der Waals surface area contributed by atoms with Crippen molar-refractivity contribution in [3.8, 4) is 0 Å². The van der Waals surface area contributed by atoms with Crippen molar-refractivity contribution >= 4 is 33.3 Å². The van der Waals surface area contributed by atoms with Crippen molar-refractivity contribution in [1.82, 2.24) is 14.9 Å². The number of halogens is 2. The molecule has 1 N–H and O–H groups in total. The van der Waals surface area contributed by atoms with Crippen molar-refractivity contribution in [1.29, 1.82) is 0 Å². The topological polar surface area (TPSA) is 41.0 Å². The summed E-state index contributed by atoms with van der Waals surface area (Å²) in [6, 6.07) is 0.312. The number of nitrogens with zero attached hydrogens (tertiary/aromatic N) is 3. The lowest BCUT2D eigenvalue weighted by molar-refractivity contribution is 0.344. The van der Waals surface area contributed by atoms with E-state index in [-0.39, 0.29) is 5.28 Å². The van der Waals surface area contributed by atoms with Crippen LogP contribution < -0.4 is 5.32 Å². The summed E-state index contributed by atoms with van der Waals surface area (Å²) in [5.41, 5.74) is 0. The Bertz CT molecular complexity index is 370. The van der Waals surface area contributed by atoms with E-state index in [0.717, 1.165) is 16.8 Å². The molecule has 0 amide bonds. The van der Waals surface area contributed by atoms with Gasteiger partial charge in [0.1, 0.15) is 5.82 Å². The van der Waals surface area contributed by atoms with Crippen molar-refractivity contribution in [3.05, 3.63) is 16.0 Å². The number of anilines is 1. The van der Waals surface area contributed by atoms with Crippen molar-refractivity contribution in [2.24, 2.45) is 5.92 Å². The molecule has 1 unspecified atom stereocenters. The lowest BCUT2D eigenvalue weighted by atomic mass is 10.0. The largest absolute Gasteiger partial charge is 0.365 e. The van der Waals surface area contributed by atoms with E-state index in [0.29, 0.717) is 12.0 Å². The predicted molar refractivity (Wildman–Crippen MR) is 75.5 cm³/mol. The van der Waals surface area contributed by atoms with E-state index in [9.17, 15) is 0 Å². The Morgan fingerprint density at radius 1 is 1.47 bits per heavy atom. The number of hydrogen-bond acceptors (Lipinski definition) is 4. The minimum Gasteiger partial charge on any atom is -0.365 e. The summed E-state index contributed by atoms with van der Waals surface area (Å²) in [6.07, 6.45) is 1.66. The molecular weight excluding hydrogens is 304 g/mol. The van der Waals surface area contributed by atoms with Gasteiger partial charge in [0, 0.05) is 18.8 Å². The van der Waals surface area contributed by atoms with Crippen LogP contribution in [0, 0.1) is 5.92 Å². The second-order valence-corrected chi connectivity index (χ2v) is 5.79. The molecule has 0 spiro atoms. The SMILES string of the molecule is CC(C)C(CN(C)C)Nc1nc(Cl)ncc1Br. The summed E-state index contributed by atoms with van der Waals surface area (Å²) >= 11 is 9.21. The Balaban J connectivity index is 2.81. The highest BCUT2D eigenvalue weighted by molar-refractivity contribution is 9.10. The summed E-state index contributed by atoms with van der Waals surface area (Å²) in [5, 5.41) is 3.65. The van der Waals surface area contributed by atoms with Gasteiger partial charge < -0.3 is 10.2 Å². The predicted octanol–water partition coefficient (Wildman–Crippen LogP) is 2.89. The minimum atomic E-state index is 0.253. The van der Waals surface area contributed by atoms with E-state index < -0.39 is 0 Å². The second-order valence-electron chi connectivity index (χ2n) is 4.59. The van der Waals surface area contributed by atoms with Crippen LogP contribution in [0.4, 0.5) is 5.82 Å². The molecule has 0 aliphatic rings. The van der Waals surface area contributed by atoms with Gasteiger partial charge in [-0.1, -0.05) is 13.8 Å². The van der Waals surface area contributed by atoms with Crippen molar-refractivity contribution < 1.29 is 0 Å². The zero-order valence-corrected chi connectivity index (χ0v) is 12.9. The second kappa shape index (κ2) is 6.52. The first kappa shape index (κ1) is 14.7.